The van der Waals surface area contributed by atoms with Crippen LogP contribution in [-0.2, 0) is 10.0 Å². The first-order valence-electron chi connectivity index (χ1n) is 9.53. The number of fused-ring (bicyclic) bond motifs is 2. The molecule has 0 saturated heterocycles. The fourth-order valence-corrected chi connectivity index (χ4v) is 6.05. The lowest BCUT2D eigenvalue weighted by atomic mass is 9.93. The van der Waals surface area contributed by atoms with E-state index >= 15 is 0 Å². The summed E-state index contributed by atoms with van der Waals surface area (Å²) in [5.41, 5.74) is 1.34. The molecule has 4 rings (SSSR count). The summed E-state index contributed by atoms with van der Waals surface area (Å²) in [5.74, 6) is 0.395. The molecule has 29 heavy (non-hydrogen) atoms. The second-order valence-corrected chi connectivity index (χ2v) is 10.5. The predicted octanol–water partition coefficient (Wildman–Crippen LogP) is 5.35. The number of hydrogen-bond acceptors (Lipinski definition) is 3. The molecule has 2 aromatic carbocycles. The van der Waals surface area contributed by atoms with Crippen molar-refractivity contribution in [2.24, 2.45) is 17.8 Å². The molecule has 7 heteroatoms. The third-order valence-corrected chi connectivity index (χ3v) is 8.30. The highest BCUT2D eigenvalue weighted by atomic mass is 35.5. The van der Waals surface area contributed by atoms with Crippen LogP contribution in [0.25, 0.3) is 0 Å². The molecule has 0 N–H and O–H groups in total. The number of halogens is 2. The number of amides is 1. The van der Waals surface area contributed by atoms with Gasteiger partial charge in [-0.2, -0.15) is 0 Å². The van der Waals surface area contributed by atoms with E-state index in [9.17, 15) is 13.2 Å². The molecule has 4 nitrogen and oxygen atoms in total. The van der Waals surface area contributed by atoms with Crippen molar-refractivity contribution in [3.63, 3.8) is 0 Å². The zero-order chi connectivity index (χ0) is 20.8. The van der Waals surface area contributed by atoms with Gasteiger partial charge in [-0.25, -0.2) is 12.7 Å². The Hall–Kier alpha value is -1.82. The van der Waals surface area contributed by atoms with Crippen LogP contribution >= 0.6 is 23.2 Å². The Kier molecular flexibility index (Phi) is 5.49. The van der Waals surface area contributed by atoms with Gasteiger partial charge in [-0.15, -0.1) is 0 Å². The van der Waals surface area contributed by atoms with Crippen LogP contribution in [0.2, 0.25) is 10.0 Å². The van der Waals surface area contributed by atoms with Crippen LogP contribution < -0.4 is 0 Å². The van der Waals surface area contributed by atoms with E-state index in [2.05, 4.69) is 12.2 Å². The smallest absolute Gasteiger partial charge is 0.267 e. The highest BCUT2D eigenvalue weighted by Crippen LogP contribution is 2.44. The maximum absolute atomic E-state index is 13.5. The lowest BCUT2D eigenvalue weighted by molar-refractivity contribution is 0.0841. The molecule has 0 aliphatic heterocycles. The number of carbonyl (C=O) groups excluding carboxylic acids is 1. The van der Waals surface area contributed by atoms with Crippen LogP contribution in [0.3, 0.4) is 0 Å². The first-order valence-corrected chi connectivity index (χ1v) is 11.7. The summed E-state index contributed by atoms with van der Waals surface area (Å²) in [6.45, 7) is 2.07. The average Bonchev–Trinajstić information content (AvgIpc) is 3.31. The van der Waals surface area contributed by atoms with Crippen LogP contribution in [0.1, 0.15) is 28.8 Å². The molecule has 1 saturated carbocycles. The fourth-order valence-electron chi connectivity index (χ4n) is 4.21. The number of benzene rings is 2. The first kappa shape index (κ1) is 20.5. The van der Waals surface area contributed by atoms with Gasteiger partial charge >= 0.3 is 0 Å². The molecule has 0 unspecified atom stereocenters. The van der Waals surface area contributed by atoms with Crippen LogP contribution in [0.5, 0.6) is 0 Å². The normalized spacial score (nSPS) is 22.8. The summed E-state index contributed by atoms with van der Waals surface area (Å²) in [5, 5.41) is 0.401. The number of carbonyl (C=O) groups is 1. The molecule has 0 spiro atoms. The van der Waals surface area contributed by atoms with Crippen molar-refractivity contribution in [2.75, 3.05) is 6.54 Å². The third kappa shape index (κ3) is 3.96. The Morgan fingerprint density at radius 3 is 2.34 bits per heavy atom. The molecule has 1 amide bonds. The van der Waals surface area contributed by atoms with Gasteiger partial charge in [-0.3, -0.25) is 4.79 Å². The zero-order valence-corrected chi connectivity index (χ0v) is 18.2. The van der Waals surface area contributed by atoms with Crippen molar-refractivity contribution in [3.8, 4) is 0 Å². The maximum Gasteiger partial charge on any atom is 0.267 e. The van der Waals surface area contributed by atoms with E-state index in [0.29, 0.717) is 17.4 Å². The second-order valence-electron chi connectivity index (χ2n) is 7.82. The Bertz CT molecular complexity index is 1080. The second kappa shape index (κ2) is 7.78. The van der Waals surface area contributed by atoms with Gasteiger partial charge in [0.15, 0.2) is 0 Å². The number of sulfonamides is 1. The van der Waals surface area contributed by atoms with Gasteiger partial charge in [0.1, 0.15) is 0 Å². The Morgan fingerprint density at radius 1 is 1.03 bits per heavy atom. The van der Waals surface area contributed by atoms with Crippen molar-refractivity contribution in [1.82, 2.24) is 4.31 Å². The SMILES string of the molecule is Cc1ccc(C(=O)N(C[C@@H]2C[C@H]3C=C[C@@H]2C3)S(=O)(=O)c2ccc(Cl)c(Cl)c2)cc1. The first-order chi connectivity index (χ1) is 13.8. The molecule has 0 aromatic heterocycles. The van der Waals surface area contributed by atoms with E-state index < -0.39 is 15.9 Å². The van der Waals surface area contributed by atoms with Gasteiger partial charge in [0, 0.05) is 12.1 Å². The van der Waals surface area contributed by atoms with Crippen molar-refractivity contribution >= 4 is 39.1 Å². The molecule has 0 heterocycles. The van der Waals surface area contributed by atoms with E-state index in [1.165, 1.54) is 18.2 Å². The number of allylic oxidation sites excluding steroid dienone is 2. The summed E-state index contributed by atoms with van der Waals surface area (Å²) >= 11 is 12.0. The third-order valence-electron chi connectivity index (χ3n) is 5.82. The summed E-state index contributed by atoms with van der Waals surface area (Å²) in [6, 6.07) is 11.1. The van der Waals surface area contributed by atoms with E-state index in [1.54, 1.807) is 24.3 Å². The van der Waals surface area contributed by atoms with Crippen LogP contribution in [0, 0.1) is 24.7 Å². The molecule has 2 aromatic rings. The average molecular weight is 450 g/mol. The molecule has 2 aliphatic carbocycles. The van der Waals surface area contributed by atoms with Crippen molar-refractivity contribution in [1.29, 1.82) is 0 Å². The van der Waals surface area contributed by atoms with Gasteiger partial charge in [0.2, 0.25) is 0 Å². The standard InChI is InChI=1S/C22H21Cl2NO3S/c1-14-2-5-16(6-3-14)22(26)25(13-18-11-15-4-7-17(18)10-15)29(27,28)19-8-9-20(23)21(24)12-19/h2-9,12,15,17-18H,10-11,13H2,1H3/t15-,17+,18-/m0/s1. The summed E-state index contributed by atoms with van der Waals surface area (Å²) in [7, 11) is -4.09. The van der Waals surface area contributed by atoms with Crippen LogP contribution in [0.4, 0.5) is 0 Å². The fraction of sp³-hybridized carbons (Fsp3) is 0.318. The van der Waals surface area contributed by atoms with Gasteiger partial charge in [0.25, 0.3) is 15.9 Å². The molecule has 0 radical (unpaired) electrons. The minimum Gasteiger partial charge on any atom is -0.268 e. The molecule has 2 bridgehead atoms. The van der Waals surface area contributed by atoms with Gasteiger partial charge in [0.05, 0.1) is 14.9 Å². The van der Waals surface area contributed by atoms with Gasteiger partial charge < -0.3 is 0 Å². The largest absolute Gasteiger partial charge is 0.268 e. The molecule has 2 aliphatic rings. The number of aryl methyl sites for hydroxylation is 1. The minimum absolute atomic E-state index is 0.0361. The Morgan fingerprint density at radius 2 is 1.76 bits per heavy atom. The maximum atomic E-state index is 13.5. The predicted molar refractivity (Wildman–Crippen MR) is 115 cm³/mol. The Labute approximate surface area is 181 Å². The number of nitrogens with zero attached hydrogens (tertiary/aromatic N) is 1. The molecular weight excluding hydrogens is 429 g/mol. The number of hydrogen-bond donors (Lipinski definition) is 0. The topological polar surface area (TPSA) is 54.5 Å². The quantitative estimate of drug-likeness (QED) is 0.578. The van der Waals surface area contributed by atoms with Crippen molar-refractivity contribution in [3.05, 3.63) is 75.8 Å². The number of rotatable bonds is 5. The molecule has 152 valence electrons. The lowest BCUT2D eigenvalue weighted by Crippen LogP contribution is -2.41. The summed E-state index contributed by atoms with van der Waals surface area (Å²) in [4.78, 5) is 13.3. The Balaban J connectivity index is 1.72. The van der Waals surface area contributed by atoms with Gasteiger partial charge in [-0.1, -0.05) is 53.1 Å². The van der Waals surface area contributed by atoms with E-state index in [0.717, 1.165) is 22.7 Å². The molecule has 3 atom stereocenters. The van der Waals surface area contributed by atoms with Crippen LogP contribution in [0.15, 0.2) is 59.5 Å². The zero-order valence-electron chi connectivity index (χ0n) is 15.9. The summed E-state index contributed by atoms with van der Waals surface area (Å²) < 4.78 is 27.9. The van der Waals surface area contributed by atoms with Gasteiger partial charge in [-0.05, 0) is 67.9 Å². The lowest BCUT2D eigenvalue weighted by Gasteiger charge is -2.28. The highest BCUT2D eigenvalue weighted by molar-refractivity contribution is 7.89. The van der Waals surface area contributed by atoms with E-state index in [-0.39, 0.29) is 27.4 Å². The van der Waals surface area contributed by atoms with E-state index in [4.69, 9.17) is 23.2 Å². The van der Waals surface area contributed by atoms with Crippen molar-refractivity contribution < 1.29 is 13.2 Å². The van der Waals surface area contributed by atoms with Crippen LogP contribution in [-0.4, -0.2) is 25.2 Å². The molecule has 1 fully saturated rings. The molecular formula is C22H21Cl2NO3S. The summed E-state index contributed by atoms with van der Waals surface area (Å²) in [6.07, 6.45) is 6.28. The van der Waals surface area contributed by atoms with E-state index in [1.807, 2.05) is 6.92 Å². The minimum atomic E-state index is -4.09. The monoisotopic (exact) mass is 449 g/mol. The van der Waals surface area contributed by atoms with Crippen molar-refractivity contribution in [2.45, 2.75) is 24.7 Å². The highest BCUT2D eigenvalue weighted by Gasteiger charge is 2.40.